The number of hydrogen-bond acceptors (Lipinski definition) is 4. The number of thiazole rings is 1. The second kappa shape index (κ2) is 7.97. The van der Waals surface area contributed by atoms with Gasteiger partial charge in [0, 0.05) is 17.6 Å². The third-order valence-corrected chi connectivity index (χ3v) is 4.15. The van der Waals surface area contributed by atoms with E-state index in [4.69, 9.17) is 5.11 Å². The minimum atomic E-state index is -1.01. The summed E-state index contributed by atoms with van der Waals surface area (Å²) < 4.78 is 0. The Kier molecular flexibility index (Phi) is 6.61. The Labute approximate surface area is 129 Å². The number of aromatic nitrogens is 1. The molecule has 118 valence electrons. The molecule has 0 spiro atoms. The fourth-order valence-corrected chi connectivity index (χ4v) is 2.71. The molecule has 0 saturated heterocycles. The first-order valence-electron chi connectivity index (χ1n) is 7.05. The van der Waals surface area contributed by atoms with Crippen LogP contribution in [0.3, 0.4) is 0 Å². The fraction of sp³-hybridized carbons (Fsp3) is 0.643. The van der Waals surface area contributed by atoms with Crippen molar-refractivity contribution in [1.29, 1.82) is 0 Å². The summed E-state index contributed by atoms with van der Waals surface area (Å²) in [5, 5.41) is 12.5. The number of urea groups is 1. The van der Waals surface area contributed by atoms with Crippen molar-refractivity contribution in [2.75, 3.05) is 13.1 Å². The fourth-order valence-electron chi connectivity index (χ4n) is 1.85. The van der Waals surface area contributed by atoms with Gasteiger partial charge < -0.3 is 15.3 Å². The number of nitrogens with one attached hydrogen (secondary N) is 1. The van der Waals surface area contributed by atoms with E-state index in [0.717, 1.165) is 16.3 Å². The lowest BCUT2D eigenvalue weighted by atomic mass is 10.2. The summed E-state index contributed by atoms with van der Waals surface area (Å²) in [5.74, 6) is -0.807. The van der Waals surface area contributed by atoms with Gasteiger partial charge in [0.05, 0.1) is 6.04 Å². The molecule has 1 heterocycles. The number of carbonyl (C=O) groups is 2. The van der Waals surface area contributed by atoms with Gasteiger partial charge in [-0.25, -0.2) is 9.78 Å². The van der Waals surface area contributed by atoms with Crippen molar-refractivity contribution in [3.63, 3.8) is 0 Å². The Morgan fingerprint density at radius 3 is 2.57 bits per heavy atom. The van der Waals surface area contributed by atoms with Gasteiger partial charge in [0.2, 0.25) is 0 Å². The number of amides is 2. The van der Waals surface area contributed by atoms with Gasteiger partial charge in [-0.1, -0.05) is 20.8 Å². The minimum Gasteiger partial charge on any atom is -0.480 e. The maximum absolute atomic E-state index is 12.2. The Morgan fingerprint density at radius 2 is 2.10 bits per heavy atom. The van der Waals surface area contributed by atoms with Gasteiger partial charge in [0.15, 0.2) is 0 Å². The Hall–Kier alpha value is -1.63. The maximum atomic E-state index is 12.2. The van der Waals surface area contributed by atoms with Gasteiger partial charge in [-0.2, -0.15) is 0 Å². The number of carboxylic acids is 1. The number of carboxylic acid groups (broad SMARTS) is 1. The third kappa shape index (κ3) is 5.71. The SMILES string of the molecule is CCc1cnc(C(C)NC(=O)N(CC(=O)O)CC(C)C)s1. The smallest absolute Gasteiger partial charge is 0.323 e. The molecule has 2 amide bonds. The van der Waals surface area contributed by atoms with Crippen LogP contribution < -0.4 is 5.32 Å². The van der Waals surface area contributed by atoms with E-state index < -0.39 is 5.97 Å². The predicted octanol–water partition coefficient (Wildman–Crippen LogP) is 2.52. The van der Waals surface area contributed by atoms with Gasteiger partial charge in [-0.05, 0) is 19.3 Å². The van der Waals surface area contributed by atoms with Crippen LogP contribution in [0, 0.1) is 5.92 Å². The summed E-state index contributed by atoms with van der Waals surface area (Å²) >= 11 is 1.56. The van der Waals surface area contributed by atoms with E-state index in [0.29, 0.717) is 6.54 Å². The lowest BCUT2D eigenvalue weighted by molar-refractivity contribution is -0.137. The summed E-state index contributed by atoms with van der Waals surface area (Å²) in [6.45, 7) is 7.90. The van der Waals surface area contributed by atoms with Crippen molar-refractivity contribution in [3.8, 4) is 0 Å². The van der Waals surface area contributed by atoms with Crippen molar-refractivity contribution < 1.29 is 14.7 Å². The van der Waals surface area contributed by atoms with Crippen LogP contribution in [0.15, 0.2) is 6.20 Å². The molecule has 0 bridgehead atoms. The van der Waals surface area contributed by atoms with E-state index in [1.807, 2.05) is 27.0 Å². The minimum absolute atomic E-state index is 0.206. The molecule has 0 aliphatic heterocycles. The molecule has 1 aromatic rings. The first kappa shape index (κ1) is 17.4. The third-order valence-electron chi connectivity index (χ3n) is 2.83. The van der Waals surface area contributed by atoms with Crippen molar-refractivity contribution >= 4 is 23.3 Å². The van der Waals surface area contributed by atoms with Crippen LogP contribution in [0.4, 0.5) is 4.79 Å². The molecule has 1 unspecified atom stereocenters. The van der Waals surface area contributed by atoms with E-state index in [9.17, 15) is 9.59 Å². The summed E-state index contributed by atoms with van der Waals surface area (Å²) in [5.41, 5.74) is 0. The van der Waals surface area contributed by atoms with E-state index >= 15 is 0 Å². The van der Waals surface area contributed by atoms with Crippen LogP contribution in [0.2, 0.25) is 0 Å². The first-order valence-corrected chi connectivity index (χ1v) is 7.87. The molecule has 1 rings (SSSR count). The Morgan fingerprint density at radius 1 is 1.43 bits per heavy atom. The van der Waals surface area contributed by atoms with E-state index in [-0.39, 0.29) is 24.5 Å². The Balaban J connectivity index is 2.68. The molecule has 0 aromatic carbocycles. The normalized spacial score (nSPS) is 12.2. The summed E-state index contributed by atoms with van der Waals surface area (Å²) in [6, 6.07) is -0.599. The highest BCUT2D eigenvalue weighted by Crippen LogP contribution is 2.20. The average Bonchev–Trinajstić information content (AvgIpc) is 2.85. The molecule has 1 aromatic heterocycles. The topological polar surface area (TPSA) is 82.5 Å². The molecular formula is C14H23N3O3S. The van der Waals surface area contributed by atoms with Crippen LogP contribution in [-0.2, 0) is 11.2 Å². The van der Waals surface area contributed by atoms with Gasteiger partial charge in [0.1, 0.15) is 11.6 Å². The molecule has 0 aliphatic carbocycles. The lowest BCUT2D eigenvalue weighted by Gasteiger charge is -2.24. The number of nitrogens with zero attached hydrogens (tertiary/aromatic N) is 2. The number of aliphatic carboxylic acids is 1. The zero-order valence-corrected chi connectivity index (χ0v) is 13.7. The molecule has 21 heavy (non-hydrogen) atoms. The maximum Gasteiger partial charge on any atom is 0.323 e. The van der Waals surface area contributed by atoms with Gasteiger partial charge in [0.25, 0.3) is 0 Å². The molecule has 0 fully saturated rings. The molecule has 0 radical (unpaired) electrons. The largest absolute Gasteiger partial charge is 0.480 e. The highest BCUT2D eigenvalue weighted by atomic mass is 32.1. The quantitative estimate of drug-likeness (QED) is 0.810. The van der Waals surface area contributed by atoms with Gasteiger partial charge in [-0.3, -0.25) is 4.79 Å². The number of carbonyl (C=O) groups excluding carboxylic acids is 1. The van der Waals surface area contributed by atoms with E-state index in [1.165, 1.54) is 4.90 Å². The molecule has 6 nitrogen and oxygen atoms in total. The second-order valence-corrected chi connectivity index (χ2v) is 6.50. The van der Waals surface area contributed by atoms with Crippen molar-refractivity contribution in [2.45, 2.75) is 40.2 Å². The zero-order valence-electron chi connectivity index (χ0n) is 12.9. The second-order valence-electron chi connectivity index (χ2n) is 5.36. The van der Waals surface area contributed by atoms with Gasteiger partial charge in [-0.15, -0.1) is 11.3 Å². The van der Waals surface area contributed by atoms with Gasteiger partial charge >= 0.3 is 12.0 Å². The van der Waals surface area contributed by atoms with Crippen LogP contribution in [0.1, 0.15) is 43.6 Å². The first-order chi connectivity index (χ1) is 9.83. The van der Waals surface area contributed by atoms with E-state index in [2.05, 4.69) is 17.2 Å². The number of aryl methyl sites for hydroxylation is 1. The number of rotatable bonds is 7. The summed E-state index contributed by atoms with van der Waals surface area (Å²) in [7, 11) is 0. The summed E-state index contributed by atoms with van der Waals surface area (Å²) in [6.07, 6.45) is 2.72. The predicted molar refractivity (Wildman–Crippen MR) is 82.5 cm³/mol. The van der Waals surface area contributed by atoms with Crippen LogP contribution in [-0.4, -0.2) is 40.1 Å². The lowest BCUT2D eigenvalue weighted by Crippen LogP contribution is -2.45. The molecule has 0 saturated carbocycles. The molecular weight excluding hydrogens is 290 g/mol. The molecule has 7 heteroatoms. The van der Waals surface area contributed by atoms with Crippen molar-refractivity contribution in [3.05, 3.63) is 16.1 Å². The van der Waals surface area contributed by atoms with Crippen LogP contribution in [0.25, 0.3) is 0 Å². The van der Waals surface area contributed by atoms with Crippen LogP contribution in [0.5, 0.6) is 0 Å². The summed E-state index contributed by atoms with van der Waals surface area (Å²) in [4.78, 5) is 29.8. The molecule has 2 N–H and O–H groups in total. The molecule has 0 aliphatic rings. The monoisotopic (exact) mass is 313 g/mol. The highest BCUT2D eigenvalue weighted by Gasteiger charge is 2.21. The standard InChI is InChI=1S/C14H23N3O3S/c1-5-11-6-15-13(21-11)10(4)16-14(20)17(7-9(2)3)8-12(18)19/h6,9-10H,5,7-8H2,1-4H3,(H,16,20)(H,18,19). The van der Waals surface area contributed by atoms with E-state index in [1.54, 1.807) is 11.3 Å². The molecule has 1 atom stereocenters. The number of hydrogen-bond donors (Lipinski definition) is 2. The average molecular weight is 313 g/mol. The zero-order chi connectivity index (χ0) is 16.0. The van der Waals surface area contributed by atoms with Crippen molar-refractivity contribution in [2.24, 2.45) is 5.92 Å². The highest BCUT2D eigenvalue weighted by molar-refractivity contribution is 7.11. The Bertz CT molecular complexity index is 488. The van der Waals surface area contributed by atoms with Crippen molar-refractivity contribution in [1.82, 2.24) is 15.2 Å². The van der Waals surface area contributed by atoms with Crippen LogP contribution >= 0.6 is 11.3 Å².